The maximum absolute atomic E-state index is 11.3. The molecule has 0 aliphatic heterocycles. The fourth-order valence-corrected chi connectivity index (χ4v) is 1.97. The first-order valence-corrected chi connectivity index (χ1v) is 6.77. The molecule has 2 rings (SSSR count). The molecule has 1 aromatic heterocycles. The van der Waals surface area contributed by atoms with E-state index in [0.717, 1.165) is 16.9 Å². The monoisotopic (exact) mass is 289 g/mol. The number of hydrogen-bond donors (Lipinski definition) is 0. The predicted molar refractivity (Wildman–Crippen MR) is 80.3 cm³/mol. The number of para-hydroxylation sites is 2. The molecule has 0 saturated heterocycles. The van der Waals surface area contributed by atoms with Crippen LogP contribution in [0.5, 0.6) is 0 Å². The number of rotatable bonds is 7. The van der Waals surface area contributed by atoms with E-state index in [1.54, 1.807) is 13.3 Å². The second kappa shape index (κ2) is 7.54. The Kier molecular flexibility index (Phi) is 5.45. The van der Waals surface area contributed by atoms with Gasteiger partial charge in [-0.3, -0.25) is 9.78 Å². The van der Waals surface area contributed by atoms with Gasteiger partial charge in [0.15, 0.2) is 0 Å². The van der Waals surface area contributed by atoms with Crippen molar-refractivity contribution in [1.29, 1.82) is 0 Å². The van der Waals surface area contributed by atoms with E-state index in [4.69, 9.17) is 4.74 Å². The summed E-state index contributed by atoms with van der Waals surface area (Å²) in [7, 11) is 3.03. The minimum Gasteiger partial charge on any atom is -0.469 e. The Bertz CT molecular complexity index is 603. The number of esters is 1. The standard InChI is InChI=1S/C15H19N3O3/c1-20-10-9-18(8-7-15(19)21-2)14-11-16-12-5-3-4-6-13(12)17-14/h3-6,11H,7-10H2,1-2H3. The van der Waals surface area contributed by atoms with Crippen LogP contribution >= 0.6 is 0 Å². The smallest absolute Gasteiger partial charge is 0.307 e. The van der Waals surface area contributed by atoms with Gasteiger partial charge in [0.05, 0.1) is 37.4 Å². The van der Waals surface area contributed by atoms with Crippen LogP contribution in [0.3, 0.4) is 0 Å². The van der Waals surface area contributed by atoms with Gasteiger partial charge in [0, 0.05) is 20.2 Å². The number of aromatic nitrogens is 2. The lowest BCUT2D eigenvalue weighted by atomic mass is 10.3. The molecule has 1 heterocycles. The highest BCUT2D eigenvalue weighted by Gasteiger charge is 2.11. The lowest BCUT2D eigenvalue weighted by Gasteiger charge is -2.22. The summed E-state index contributed by atoms with van der Waals surface area (Å²) in [6.45, 7) is 1.71. The van der Waals surface area contributed by atoms with Gasteiger partial charge in [0.2, 0.25) is 0 Å². The molecule has 0 unspecified atom stereocenters. The summed E-state index contributed by atoms with van der Waals surface area (Å²) < 4.78 is 9.79. The number of anilines is 1. The number of carbonyl (C=O) groups is 1. The van der Waals surface area contributed by atoms with E-state index < -0.39 is 0 Å². The van der Waals surface area contributed by atoms with Gasteiger partial charge < -0.3 is 14.4 Å². The molecule has 0 fully saturated rings. The van der Waals surface area contributed by atoms with Gasteiger partial charge in [-0.2, -0.15) is 0 Å². The van der Waals surface area contributed by atoms with Gasteiger partial charge in [-0.1, -0.05) is 12.1 Å². The first-order chi connectivity index (χ1) is 10.2. The molecular weight excluding hydrogens is 270 g/mol. The summed E-state index contributed by atoms with van der Waals surface area (Å²) in [5, 5.41) is 0. The third-order valence-electron chi connectivity index (χ3n) is 3.14. The molecule has 0 atom stereocenters. The Hall–Kier alpha value is -2.21. The average Bonchev–Trinajstić information content (AvgIpc) is 2.54. The van der Waals surface area contributed by atoms with Crippen LogP contribution in [0.15, 0.2) is 30.5 Å². The minimum absolute atomic E-state index is 0.244. The van der Waals surface area contributed by atoms with E-state index >= 15 is 0 Å². The number of benzene rings is 1. The van der Waals surface area contributed by atoms with E-state index in [0.29, 0.717) is 26.1 Å². The molecule has 21 heavy (non-hydrogen) atoms. The first kappa shape index (κ1) is 15.2. The Morgan fingerprint density at radius 2 is 1.95 bits per heavy atom. The van der Waals surface area contributed by atoms with E-state index in [1.165, 1.54) is 7.11 Å². The van der Waals surface area contributed by atoms with Crippen LogP contribution in [0.1, 0.15) is 6.42 Å². The van der Waals surface area contributed by atoms with Crippen LogP contribution in [0.2, 0.25) is 0 Å². The van der Waals surface area contributed by atoms with Gasteiger partial charge >= 0.3 is 5.97 Å². The Balaban J connectivity index is 2.18. The number of fused-ring (bicyclic) bond motifs is 1. The molecule has 0 amide bonds. The van der Waals surface area contributed by atoms with Gasteiger partial charge in [0.1, 0.15) is 5.82 Å². The van der Waals surface area contributed by atoms with Crippen molar-refractivity contribution >= 4 is 22.8 Å². The van der Waals surface area contributed by atoms with Gasteiger partial charge in [-0.25, -0.2) is 4.98 Å². The maximum atomic E-state index is 11.3. The summed E-state index contributed by atoms with van der Waals surface area (Å²) >= 11 is 0. The van der Waals surface area contributed by atoms with Gasteiger partial charge in [0.25, 0.3) is 0 Å². The predicted octanol–water partition coefficient (Wildman–Crippen LogP) is 1.65. The number of hydrogen-bond acceptors (Lipinski definition) is 6. The zero-order valence-corrected chi connectivity index (χ0v) is 12.3. The molecule has 0 saturated carbocycles. The van der Waals surface area contributed by atoms with E-state index in [-0.39, 0.29) is 5.97 Å². The third kappa shape index (κ3) is 4.13. The van der Waals surface area contributed by atoms with Crippen LogP contribution in [0.25, 0.3) is 11.0 Å². The summed E-state index contributed by atoms with van der Waals surface area (Å²) in [6.07, 6.45) is 2.02. The number of ether oxygens (including phenoxy) is 2. The molecule has 0 aliphatic rings. The Labute approximate surface area is 123 Å². The molecule has 0 aliphatic carbocycles. The van der Waals surface area contributed by atoms with Crippen molar-refractivity contribution in [2.24, 2.45) is 0 Å². The summed E-state index contributed by atoms with van der Waals surface area (Å²) in [4.78, 5) is 22.3. The summed E-state index contributed by atoms with van der Waals surface area (Å²) in [5.41, 5.74) is 1.68. The number of nitrogens with zero attached hydrogens (tertiary/aromatic N) is 3. The average molecular weight is 289 g/mol. The highest BCUT2D eigenvalue weighted by atomic mass is 16.5. The van der Waals surface area contributed by atoms with Gasteiger partial charge in [-0.05, 0) is 12.1 Å². The third-order valence-corrected chi connectivity index (χ3v) is 3.14. The normalized spacial score (nSPS) is 10.6. The quantitative estimate of drug-likeness (QED) is 0.722. The highest BCUT2D eigenvalue weighted by molar-refractivity contribution is 5.75. The highest BCUT2D eigenvalue weighted by Crippen LogP contribution is 2.15. The van der Waals surface area contributed by atoms with E-state index in [1.807, 2.05) is 29.2 Å². The molecule has 6 nitrogen and oxygen atoms in total. The molecule has 0 radical (unpaired) electrons. The lowest BCUT2D eigenvalue weighted by Crippen LogP contribution is -2.30. The number of methoxy groups -OCH3 is 2. The second-order valence-corrected chi connectivity index (χ2v) is 4.52. The molecule has 0 spiro atoms. The molecule has 0 N–H and O–H groups in total. The number of carbonyl (C=O) groups excluding carboxylic acids is 1. The van der Waals surface area contributed by atoms with Crippen LogP contribution < -0.4 is 4.90 Å². The maximum Gasteiger partial charge on any atom is 0.307 e. The van der Waals surface area contributed by atoms with Gasteiger partial charge in [-0.15, -0.1) is 0 Å². The molecule has 2 aromatic rings. The van der Waals surface area contributed by atoms with E-state index in [2.05, 4.69) is 14.7 Å². The Morgan fingerprint density at radius 3 is 2.67 bits per heavy atom. The SMILES string of the molecule is COCCN(CCC(=O)OC)c1cnc2ccccc2n1. The molecule has 112 valence electrons. The van der Waals surface area contributed by atoms with Crippen molar-refractivity contribution in [2.75, 3.05) is 38.8 Å². The fourth-order valence-electron chi connectivity index (χ4n) is 1.97. The van der Waals surface area contributed by atoms with Crippen molar-refractivity contribution in [1.82, 2.24) is 9.97 Å². The van der Waals surface area contributed by atoms with E-state index in [9.17, 15) is 4.79 Å². The van der Waals surface area contributed by atoms with Crippen molar-refractivity contribution in [2.45, 2.75) is 6.42 Å². The van der Waals surface area contributed by atoms with Crippen LogP contribution in [-0.4, -0.2) is 49.9 Å². The Morgan fingerprint density at radius 1 is 1.19 bits per heavy atom. The van der Waals surface area contributed by atoms with Crippen molar-refractivity contribution in [3.8, 4) is 0 Å². The van der Waals surface area contributed by atoms with Crippen molar-refractivity contribution in [3.63, 3.8) is 0 Å². The summed E-state index contributed by atoms with van der Waals surface area (Å²) in [5.74, 6) is 0.487. The molecule has 6 heteroatoms. The van der Waals surface area contributed by atoms with Crippen LogP contribution in [0.4, 0.5) is 5.82 Å². The van der Waals surface area contributed by atoms with Crippen LogP contribution in [0, 0.1) is 0 Å². The van der Waals surface area contributed by atoms with Crippen molar-refractivity contribution in [3.05, 3.63) is 30.5 Å². The molecular formula is C15H19N3O3. The lowest BCUT2D eigenvalue weighted by molar-refractivity contribution is -0.140. The fraction of sp³-hybridized carbons (Fsp3) is 0.400. The topological polar surface area (TPSA) is 64.5 Å². The zero-order valence-electron chi connectivity index (χ0n) is 12.3. The molecule has 1 aromatic carbocycles. The minimum atomic E-state index is -0.244. The van der Waals surface area contributed by atoms with Crippen LogP contribution in [-0.2, 0) is 14.3 Å². The second-order valence-electron chi connectivity index (χ2n) is 4.52. The first-order valence-electron chi connectivity index (χ1n) is 6.77. The largest absolute Gasteiger partial charge is 0.469 e. The molecule has 0 bridgehead atoms. The zero-order chi connectivity index (χ0) is 15.1. The summed E-state index contributed by atoms with van der Waals surface area (Å²) in [6, 6.07) is 7.69. The van der Waals surface area contributed by atoms with Crippen molar-refractivity contribution < 1.29 is 14.3 Å².